The number of rotatable bonds is 0. The second-order valence-electron chi connectivity index (χ2n) is 2.99. The van der Waals surface area contributed by atoms with Gasteiger partial charge in [-0.25, -0.2) is 0 Å². The highest BCUT2D eigenvalue weighted by Gasteiger charge is 2.44. The molecule has 0 heterocycles. The van der Waals surface area contributed by atoms with Crippen LogP contribution in [0.15, 0.2) is 0 Å². The van der Waals surface area contributed by atoms with Crippen LogP contribution in [0.5, 0.6) is 0 Å². The summed E-state index contributed by atoms with van der Waals surface area (Å²) in [7, 11) is 0. The molecule has 2 aliphatic rings. The van der Waals surface area contributed by atoms with Crippen LogP contribution in [0.25, 0.3) is 0 Å². The first-order chi connectivity index (χ1) is 3.36. The van der Waals surface area contributed by atoms with Gasteiger partial charge in [-0.1, -0.05) is 0 Å². The molecular weight excluding hydrogens is 86.1 g/mol. The van der Waals surface area contributed by atoms with Gasteiger partial charge < -0.3 is 5.73 Å². The smallest absolute Gasteiger partial charge is 0.00443 e. The van der Waals surface area contributed by atoms with Crippen molar-refractivity contribution in [2.24, 2.45) is 17.6 Å². The molecule has 40 valence electrons. The molecule has 0 bridgehead atoms. The lowest BCUT2D eigenvalue weighted by Crippen LogP contribution is -2.16. The van der Waals surface area contributed by atoms with Gasteiger partial charge in [-0.15, -0.1) is 0 Å². The zero-order chi connectivity index (χ0) is 4.85. The molecule has 2 fully saturated rings. The van der Waals surface area contributed by atoms with Crippen molar-refractivity contribution >= 4 is 0 Å². The van der Waals surface area contributed by atoms with E-state index in [4.69, 9.17) is 5.73 Å². The molecule has 0 aromatic rings. The minimum absolute atomic E-state index is 0.573. The van der Waals surface area contributed by atoms with Gasteiger partial charge in [-0.05, 0) is 31.1 Å². The summed E-state index contributed by atoms with van der Waals surface area (Å²) in [6.45, 7) is 0. The van der Waals surface area contributed by atoms with E-state index in [-0.39, 0.29) is 0 Å². The van der Waals surface area contributed by atoms with Crippen LogP contribution in [0.4, 0.5) is 0 Å². The molecule has 0 aromatic heterocycles. The minimum Gasteiger partial charge on any atom is -0.328 e. The van der Waals surface area contributed by atoms with Crippen LogP contribution in [-0.4, -0.2) is 6.04 Å². The maximum atomic E-state index is 5.66. The summed E-state index contributed by atoms with van der Waals surface area (Å²) < 4.78 is 0. The van der Waals surface area contributed by atoms with Crippen LogP contribution in [0.2, 0.25) is 0 Å². The van der Waals surface area contributed by atoms with E-state index in [1.807, 2.05) is 0 Å². The Bertz CT molecular complexity index is 80.2. The second-order valence-corrected chi connectivity index (χ2v) is 2.99. The SMILES string of the molecule is N[C@H]1C[C@@H]2C[C@@H]2C1. The van der Waals surface area contributed by atoms with Crippen molar-refractivity contribution in [2.45, 2.75) is 25.3 Å². The van der Waals surface area contributed by atoms with Gasteiger partial charge in [0.05, 0.1) is 0 Å². The molecule has 0 radical (unpaired) electrons. The summed E-state index contributed by atoms with van der Waals surface area (Å²) in [5, 5.41) is 0. The topological polar surface area (TPSA) is 26.0 Å². The molecule has 0 amide bonds. The summed E-state index contributed by atoms with van der Waals surface area (Å²) in [6, 6.07) is 0.573. The third kappa shape index (κ3) is 0.480. The molecule has 3 atom stereocenters. The van der Waals surface area contributed by atoms with Crippen molar-refractivity contribution in [2.75, 3.05) is 0 Å². The third-order valence-corrected chi connectivity index (χ3v) is 2.28. The molecule has 0 saturated heterocycles. The van der Waals surface area contributed by atoms with Crippen LogP contribution >= 0.6 is 0 Å². The highest BCUT2D eigenvalue weighted by atomic mass is 14.7. The van der Waals surface area contributed by atoms with E-state index in [1.54, 1.807) is 0 Å². The van der Waals surface area contributed by atoms with Crippen LogP contribution in [0, 0.1) is 11.8 Å². The van der Waals surface area contributed by atoms with Crippen molar-refractivity contribution in [3.8, 4) is 0 Å². The Morgan fingerprint density at radius 1 is 1.00 bits per heavy atom. The summed E-state index contributed by atoms with van der Waals surface area (Å²) in [6.07, 6.45) is 4.14. The quantitative estimate of drug-likeness (QED) is 0.474. The normalized spacial score (nSPS) is 57.0. The molecule has 2 saturated carbocycles. The van der Waals surface area contributed by atoms with E-state index >= 15 is 0 Å². The Hall–Kier alpha value is -0.0400. The Balaban J connectivity index is 2.02. The molecule has 0 spiro atoms. The number of nitrogens with two attached hydrogens (primary N) is 1. The molecule has 0 aliphatic heterocycles. The fourth-order valence-corrected chi connectivity index (χ4v) is 1.76. The Morgan fingerprint density at radius 3 is 1.86 bits per heavy atom. The molecule has 1 nitrogen and oxygen atoms in total. The zero-order valence-electron chi connectivity index (χ0n) is 4.43. The van der Waals surface area contributed by atoms with Crippen molar-refractivity contribution < 1.29 is 0 Å². The fourth-order valence-electron chi connectivity index (χ4n) is 1.76. The summed E-state index contributed by atoms with van der Waals surface area (Å²) in [4.78, 5) is 0. The van der Waals surface area contributed by atoms with Crippen molar-refractivity contribution in [3.05, 3.63) is 0 Å². The standard InChI is InChI=1S/C6H11N/c7-6-2-4-1-5(4)3-6/h4-6H,1-3,7H2/t4-,5+,6-. The number of fused-ring (bicyclic) bond motifs is 1. The van der Waals surface area contributed by atoms with E-state index in [0.717, 1.165) is 11.8 Å². The Morgan fingerprint density at radius 2 is 1.57 bits per heavy atom. The third-order valence-electron chi connectivity index (χ3n) is 2.28. The van der Waals surface area contributed by atoms with Crippen molar-refractivity contribution in [3.63, 3.8) is 0 Å². The first-order valence-electron chi connectivity index (χ1n) is 3.12. The van der Waals surface area contributed by atoms with Crippen LogP contribution in [-0.2, 0) is 0 Å². The Labute approximate surface area is 43.9 Å². The maximum absolute atomic E-state index is 5.66. The lowest BCUT2D eigenvalue weighted by Gasteiger charge is -1.99. The summed E-state index contributed by atoms with van der Waals surface area (Å²) in [5.41, 5.74) is 5.66. The van der Waals surface area contributed by atoms with Gasteiger partial charge in [0.15, 0.2) is 0 Å². The first kappa shape index (κ1) is 3.90. The van der Waals surface area contributed by atoms with Gasteiger partial charge in [0.25, 0.3) is 0 Å². The van der Waals surface area contributed by atoms with Crippen molar-refractivity contribution in [1.29, 1.82) is 0 Å². The number of hydrogen-bond acceptors (Lipinski definition) is 1. The van der Waals surface area contributed by atoms with E-state index in [9.17, 15) is 0 Å². The predicted molar refractivity (Wildman–Crippen MR) is 28.8 cm³/mol. The van der Waals surface area contributed by atoms with E-state index in [2.05, 4.69) is 0 Å². The lowest BCUT2D eigenvalue weighted by molar-refractivity contribution is 0.614. The molecule has 2 rings (SSSR count). The van der Waals surface area contributed by atoms with Crippen LogP contribution in [0.1, 0.15) is 19.3 Å². The van der Waals surface area contributed by atoms with Crippen LogP contribution in [0.3, 0.4) is 0 Å². The van der Waals surface area contributed by atoms with E-state index < -0.39 is 0 Å². The Kier molecular flexibility index (Phi) is 0.571. The van der Waals surface area contributed by atoms with Gasteiger partial charge in [-0.2, -0.15) is 0 Å². The minimum atomic E-state index is 0.573. The highest BCUT2D eigenvalue weighted by Crippen LogP contribution is 2.50. The zero-order valence-corrected chi connectivity index (χ0v) is 4.43. The fraction of sp³-hybridized carbons (Fsp3) is 1.00. The largest absolute Gasteiger partial charge is 0.328 e. The number of hydrogen-bond donors (Lipinski definition) is 1. The molecule has 1 heteroatoms. The second kappa shape index (κ2) is 1.03. The van der Waals surface area contributed by atoms with Gasteiger partial charge >= 0.3 is 0 Å². The average molecular weight is 97.2 g/mol. The van der Waals surface area contributed by atoms with Crippen molar-refractivity contribution in [1.82, 2.24) is 0 Å². The van der Waals surface area contributed by atoms with Gasteiger partial charge in [0, 0.05) is 6.04 Å². The summed E-state index contributed by atoms with van der Waals surface area (Å²) in [5.74, 6) is 2.13. The predicted octanol–water partition coefficient (Wildman–Crippen LogP) is 0.744. The molecular formula is C6H11N. The monoisotopic (exact) mass is 97.1 g/mol. The maximum Gasteiger partial charge on any atom is 0.00443 e. The molecule has 0 aromatic carbocycles. The van der Waals surface area contributed by atoms with E-state index in [0.29, 0.717) is 6.04 Å². The first-order valence-corrected chi connectivity index (χ1v) is 3.12. The van der Waals surface area contributed by atoms with E-state index in [1.165, 1.54) is 19.3 Å². The van der Waals surface area contributed by atoms with Crippen LogP contribution < -0.4 is 5.73 Å². The van der Waals surface area contributed by atoms with Gasteiger partial charge in [0.2, 0.25) is 0 Å². The highest BCUT2D eigenvalue weighted by molar-refractivity contribution is 4.97. The molecule has 0 unspecified atom stereocenters. The molecule has 2 aliphatic carbocycles. The average Bonchev–Trinajstić information content (AvgIpc) is 2.15. The van der Waals surface area contributed by atoms with Gasteiger partial charge in [0.1, 0.15) is 0 Å². The lowest BCUT2D eigenvalue weighted by atomic mass is 10.2. The molecule has 2 N–H and O–H groups in total. The van der Waals surface area contributed by atoms with Gasteiger partial charge in [-0.3, -0.25) is 0 Å². The summed E-state index contributed by atoms with van der Waals surface area (Å²) >= 11 is 0. The molecule has 7 heavy (non-hydrogen) atoms.